The van der Waals surface area contributed by atoms with Crippen LogP contribution in [0.4, 0.5) is 4.39 Å². The molecule has 0 amide bonds. The number of rotatable bonds is 6. The fraction of sp³-hybridized carbons (Fsp3) is 0.227. The molecule has 1 aromatic heterocycles. The van der Waals surface area contributed by atoms with Crippen LogP contribution in [0.5, 0.6) is 0 Å². The van der Waals surface area contributed by atoms with Gasteiger partial charge in [0.1, 0.15) is 11.5 Å². The van der Waals surface area contributed by atoms with Crippen LogP contribution in [0.2, 0.25) is 0 Å². The predicted octanol–water partition coefficient (Wildman–Crippen LogP) is 4.22. The van der Waals surface area contributed by atoms with E-state index in [0.717, 1.165) is 22.6 Å². The Morgan fingerprint density at radius 1 is 1.20 bits per heavy atom. The highest BCUT2D eigenvalue weighted by Gasteiger charge is 2.13. The standard InChI is InChI=1S/C14H11FN2O.C8H12O4/c15-10-5-6-12-13(7-10)18-17-14(12)11-4-2-1-3-9(11)8-16;1-5(2)3-6(8(11)12)4-7(9)10/h1-7H,8,16H2;4-5H,3H2,1-2H3,(H,9,10)(H,11,12)/b;6-4+. The Kier molecular flexibility index (Phi) is 7.83. The maximum Gasteiger partial charge on any atom is 0.331 e. The third-order valence-corrected chi connectivity index (χ3v) is 4.13. The van der Waals surface area contributed by atoms with Gasteiger partial charge in [0.2, 0.25) is 0 Å². The molecule has 0 aliphatic rings. The van der Waals surface area contributed by atoms with Gasteiger partial charge in [-0.05, 0) is 30.0 Å². The minimum Gasteiger partial charge on any atom is -0.478 e. The predicted molar refractivity (Wildman–Crippen MR) is 110 cm³/mol. The Morgan fingerprint density at radius 2 is 1.90 bits per heavy atom. The van der Waals surface area contributed by atoms with E-state index in [1.807, 2.05) is 38.1 Å². The van der Waals surface area contributed by atoms with Gasteiger partial charge in [0.25, 0.3) is 0 Å². The molecular weight excluding hydrogens is 391 g/mol. The SMILES string of the molecule is CC(C)C/C(=C\C(=O)O)C(=O)O.NCc1ccccc1-c1noc2cc(F)ccc12. The summed E-state index contributed by atoms with van der Waals surface area (Å²) in [5.74, 6) is -2.57. The van der Waals surface area contributed by atoms with Gasteiger partial charge in [-0.1, -0.05) is 43.3 Å². The summed E-state index contributed by atoms with van der Waals surface area (Å²) in [6.45, 7) is 4.09. The molecule has 0 aliphatic carbocycles. The second kappa shape index (κ2) is 10.3. The number of nitrogens with two attached hydrogens (primary N) is 1. The number of halogens is 1. The molecule has 4 N–H and O–H groups in total. The highest BCUT2D eigenvalue weighted by atomic mass is 19.1. The van der Waals surface area contributed by atoms with E-state index in [-0.39, 0.29) is 23.7 Å². The average Bonchev–Trinajstić information content (AvgIpc) is 3.10. The van der Waals surface area contributed by atoms with Gasteiger partial charge in [-0.15, -0.1) is 0 Å². The van der Waals surface area contributed by atoms with Crippen molar-refractivity contribution in [1.29, 1.82) is 0 Å². The number of hydrogen-bond donors (Lipinski definition) is 3. The van der Waals surface area contributed by atoms with E-state index in [1.54, 1.807) is 6.07 Å². The second-order valence-corrected chi connectivity index (χ2v) is 6.94. The van der Waals surface area contributed by atoms with Crippen LogP contribution >= 0.6 is 0 Å². The lowest BCUT2D eigenvalue weighted by Gasteiger charge is -2.03. The Bertz CT molecular complexity index is 1070. The number of aliphatic carboxylic acids is 2. The molecule has 0 fully saturated rings. The summed E-state index contributed by atoms with van der Waals surface area (Å²) in [4.78, 5) is 20.6. The van der Waals surface area contributed by atoms with Crippen LogP contribution in [-0.4, -0.2) is 27.3 Å². The van der Waals surface area contributed by atoms with Crippen LogP contribution < -0.4 is 5.73 Å². The molecule has 30 heavy (non-hydrogen) atoms. The molecule has 0 saturated heterocycles. The van der Waals surface area contributed by atoms with E-state index in [4.69, 9.17) is 20.5 Å². The van der Waals surface area contributed by atoms with E-state index in [9.17, 15) is 14.0 Å². The van der Waals surface area contributed by atoms with E-state index in [0.29, 0.717) is 17.8 Å². The maximum atomic E-state index is 13.1. The minimum absolute atomic E-state index is 0.0579. The quantitative estimate of drug-likeness (QED) is 0.515. The van der Waals surface area contributed by atoms with Gasteiger partial charge >= 0.3 is 11.9 Å². The van der Waals surface area contributed by atoms with Crippen molar-refractivity contribution < 1.29 is 28.7 Å². The Labute approximate surface area is 172 Å². The van der Waals surface area contributed by atoms with Crippen LogP contribution in [0.25, 0.3) is 22.2 Å². The number of aromatic nitrogens is 1. The van der Waals surface area contributed by atoms with Gasteiger partial charge in [-0.25, -0.2) is 14.0 Å². The van der Waals surface area contributed by atoms with Crippen LogP contribution in [0.1, 0.15) is 25.8 Å². The van der Waals surface area contributed by atoms with Crippen molar-refractivity contribution in [2.75, 3.05) is 0 Å². The Balaban J connectivity index is 0.000000235. The molecule has 0 radical (unpaired) electrons. The normalized spacial score (nSPS) is 11.3. The van der Waals surface area contributed by atoms with Gasteiger partial charge in [-0.2, -0.15) is 0 Å². The molecule has 0 unspecified atom stereocenters. The molecule has 3 rings (SSSR count). The van der Waals surface area contributed by atoms with Crippen LogP contribution in [0, 0.1) is 11.7 Å². The lowest BCUT2D eigenvalue weighted by atomic mass is 10.0. The highest BCUT2D eigenvalue weighted by molar-refractivity contribution is 5.94. The summed E-state index contributed by atoms with van der Waals surface area (Å²) in [6, 6.07) is 12.1. The Hall–Kier alpha value is -3.52. The van der Waals surface area contributed by atoms with Gasteiger partial charge in [-0.3, -0.25) is 0 Å². The van der Waals surface area contributed by atoms with E-state index in [1.165, 1.54) is 12.1 Å². The average molecular weight is 414 g/mol. The summed E-state index contributed by atoms with van der Waals surface area (Å²) in [6.07, 6.45) is 1.02. The zero-order chi connectivity index (χ0) is 22.3. The van der Waals surface area contributed by atoms with E-state index < -0.39 is 11.9 Å². The number of carbonyl (C=O) groups is 2. The van der Waals surface area contributed by atoms with Crippen LogP contribution in [-0.2, 0) is 16.1 Å². The fourth-order valence-corrected chi connectivity index (χ4v) is 2.83. The third kappa shape index (κ3) is 5.99. The van der Waals surface area contributed by atoms with Gasteiger partial charge < -0.3 is 20.5 Å². The zero-order valence-corrected chi connectivity index (χ0v) is 16.6. The van der Waals surface area contributed by atoms with Gasteiger partial charge in [0.05, 0.1) is 0 Å². The monoisotopic (exact) mass is 414 g/mol. The highest BCUT2D eigenvalue weighted by Crippen LogP contribution is 2.30. The smallest absolute Gasteiger partial charge is 0.331 e. The molecule has 2 aromatic carbocycles. The third-order valence-electron chi connectivity index (χ3n) is 4.13. The zero-order valence-electron chi connectivity index (χ0n) is 16.6. The molecule has 0 saturated carbocycles. The molecule has 1 heterocycles. The van der Waals surface area contributed by atoms with Gasteiger partial charge in [0, 0.05) is 35.2 Å². The first-order valence-electron chi connectivity index (χ1n) is 9.23. The van der Waals surface area contributed by atoms with Crippen molar-refractivity contribution >= 4 is 22.9 Å². The molecule has 3 aromatic rings. The first-order chi connectivity index (χ1) is 14.2. The van der Waals surface area contributed by atoms with Crippen molar-refractivity contribution in [3.63, 3.8) is 0 Å². The largest absolute Gasteiger partial charge is 0.478 e. The number of nitrogens with zero attached hydrogens (tertiary/aromatic N) is 1. The van der Waals surface area contributed by atoms with Crippen molar-refractivity contribution in [2.45, 2.75) is 26.8 Å². The summed E-state index contributed by atoms with van der Waals surface area (Å²) < 4.78 is 18.2. The topological polar surface area (TPSA) is 127 Å². The number of benzene rings is 2. The van der Waals surface area contributed by atoms with E-state index >= 15 is 0 Å². The minimum atomic E-state index is -1.21. The molecule has 0 atom stereocenters. The lowest BCUT2D eigenvalue weighted by Crippen LogP contribution is -2.06. The van der Waals surface area contributed by atoms with Crippen LogP contribution in [0.3, 0.4) is 0 Å². The van der Waals surface area contributed by atoms with Gasteiger partial charge in [0.15, 0.2) is 5.58 Å². The lowest BCUT2D eigenvalue weighted by molar-refractivity contribution is -0.135. The number of carboxylic acid groups (broad SMARTS) is 2. The first-order valence-corrected chi connectivity index (χ1v) is 9.23. The summed E-state index contributed by atoms with van der Waals surface area (Å²) in [7, 11) is 0. The molecule has 0 spiro atoms. The van der Waals surface area contributed by atoms with Crippen molar-refractivity contribution in [1.82, 2.24) is 5.16 Å². The van der Waals surface area contributed by atoms with E-state index in [2.05, 4.69) is 5.16 Å². The maximum absolute atomic E-state index is 13.1. The molecule has 7 nitrogen and oxygen atoms in total. The fourth-order valence-electron chi connectivity index (χ4n) is 2.83. The molecule has 8 heteroatoms. The van der Waals surface area contributed by atoms with Crippen molar-refractivity contribution in [3.05, 3.63) is 65.5 Å². The number of hydrogen-bond acceptors (Lipinski definition) is 5. The summed E-state index contributed by atoms with van der Waals surface area (Å²) in [5.41, 5.74) is 8.70. The van der Waals surface area contributed by atoms with Crippen LogP contribution in [0.15, 0.2) is 58.6 Å². The van der Waals surface area contributed by atoms with Crippen molar-refractivity contribution in [3.8, 4) is 11.3 Å². The summed E-state index contributed by atoms with van der Waals surface area (Å²) >= 11 is 0. The molecular formula is C22H23FN2O5. The number of carboxylic acids is 2. The number of fused-ring (bicyclic) bond motifs is 1. The summed E-state index contributed by atoms with van der Waals surface area (Å²) in [5, 5.41) is 21.7. The molecule has 0 aliphatic heterocycles. The Morgan fingerprint density at radius 3 is 2.50 bits per heavy atom. The second-order valence-electron chi connectivity index (χ2n) is 6.94. The molecule has 158 valence electrons. The van der Waals surface area contributed by atoms with Crippen molar-refractivity contribution in [2.24, 2.45) is 11.7 Å². The molecule has 0 bridgehead atoms. The first kappa shape index (κ1) is 22.8.